The molecule has 0 saturated heterocycles. The Labute approximate surface area is 443 Å². The molecule has 0 aliphatic carbocycles. The molecule has 13 rings (SSSR count). The molecule has 0 atom stereocenters. The van der Waals surface area contributed by atoms with Crippen molar-refractivity contribution in [3.63, 3.8) is 0 Å². The van der Waals surface area contributed by atoms with Crippen molar-refractivity contribution in [2.45, 2.75) is 105 Å². The highest BCUT2D eigenvalue weighted by molar-refractivity contribution is 6.24. The van der Waals surface area contributed by atoms with Crippen LogP contribution in [-0.2, 0) is 21.7 Å². The van der Waals surface area contributed by atoms with Crippen LogP contribution in [0.5, 0.6) is 0 Å². The van der Waals surface area contributed by atoms with Gasteiger partial charge in [0.2, 0.25) is 11.9 Å². The molecule has 8 nitrogen and oxygen atoms in total. The summed E-state index contributed by atoms with van der Waals surface area (Å²) in [7, 11) is 0. The first kappa shape index (κ1) is 47.2. The van der Waals surface area contributed by atoms with Gasteiger partial charge in [-0.05, 0) is 129 Å². The average Bonchev–Trinajstić information content (AvgIpc) is 4.20. The summed E-state index contributed by atoms with van der Waals surface area (Å²) in [5.41, 5.74) is 14.3. The molecular weight excluding hydrogens is 931 g/mol. The van der Waals surface area contributed by atoms with E-state index in [-0.39, 0.29) is 21.7 Å². The summed E-state index contributed by atoms with van der Waals surface area (Å²) in [5, 5.41) is 8.76. The fourth-order valence-corrected chi connectivity index (χ4v) is 11.5. The number of hydrogen-bond donors (Lipinski definition) is 0. The lowest BCUT2D eigenvalue weighted by Crippen LogP contribution is -2.12. The van der Waals surface area contributed by atoms with E-state index in [9.17, 15) is 0 Å². The number of aromatic nitrogens is 6. The number of para-hydroxylation sites is 2. The zero-order valence-electron chi connectivity index (χ0n) is 45.5. The summed E-state index contributed by atoms with van der Waals surface area (Å²) in [4.78, 5) is 20.9. The number of hydrogen-bond acceptors (Lipinski definition) is 4. The Hall–Kier alpha value is -8.54. The van der Waals surface area contributed by atoms with Crippen molar-refractivity contribution in [3.05, 3.63) is 185 Å². The van der Waals surface area contributed by atoms with Crippen LogP contribution < -0.4 is 0 Å². The second-order valence-corrected chi connectivity index (χ2v) is 25.0. The van der Waals surface area contributed by atoms with Gasteiger partial charge >= 0.3 is 0 Å². The molecule has 0 aliphatic rings. The Bertz CT molecular complexity index is 4320. The molecule has 0 radical (unpaired) electrons. The van der Waals surface area contributed by atoms with E-state index in [1.165, 1.54) is 22.3 Å². The van der Waals surface area contributed by atoms with E-state index in [2.05, 4.69) is 223 Å². The van der Waals surface area contributed by atoms with Crippen LogP contribution >= 0.6 is 0 Å². The molecule has 0 N–H and O–H groups in total. The summed E-state index contributed by atoms with van der Waals surface area (Å²) in [6, 6.07) is 54.3. The molecule has 374 valence electrons. The van der Waals surface area contributed by atoms with E-state index < -0.39 is 0 Å². The molecule has 8 heteroatoms. The molecule has 13 aromatic rings. The van der Waals surface area contributed by atoms with Crippen LogP contribution in [-0.4, -0.2) is 28.7 Å². The van der Waals surface area contributed by atoms with Gasteiger partial charge in [0, 0.05) is 43.3 Å². The van der Waals surface area contributed by atoms with Gasteiger partial charge in [0.15, 0.2) is 11.5 Å². The lowest BCUT2D eigenvalue weighted by molar-refractivity contribution is 0.590. The molecule has 0 fully saturated rings. The summed E-state index contributed by atoms with van der Waals surface area (Å²) in [5.74, 6) is 1.39. The van der Waals surface area contributed by atoms with Gasteiger partial charge in [0.1, 0.15) is 11.2 Å². The maximum atomic E-state index is 8.42. The van der Waals surface area contributed by atoms with Crippen molar-refractivity contribution in [2.75, 3.05) is 0 Å². The first-order valence-electron chi connectivity index (χ1n) is 26.5. The van der Waals surface area contributed by atoms with Crippen LogP contribution in [0.2, 0.25) is 0 Å². The normalized spacial score (nSPS) is 13.0. The minimum Gasteiger partial charge on any atom is -0.455 e. The summed E-state index contributed by atoms with van der Waals surface area (Å²) >= 11 is 0. The Morgan fingerprint density at radius 2 is 0.829 bits per heavy atom. The smallest absolute Gasteiger partial charge is 0.240 e. The molecule has 5 heterocycles. The van der Waals surface area contributed by atoms with Crippen LogP contribution in [0.25, 0.3) is 121 Å². The molecular formula is C68H61N7O. The quantitative estimate of drug-likeness (QED) is 0.165. The SMILES string of the molecule is [C-]#[N+]c1ccc(-n2c3ccccc3c3c4oc5ccccc5c4ccc32)c(-c2nc(-n3c4ccc(C(C)(C)C)cc4c4cc(C(C)(C)C)ccc43)nc(-n3c4ccc(C(C)(C)C)cc4c4cc(C(C)(C)C)ccc43)n2)c1. The molecule has 76 heavy (non-hydrogen) atoms. The van der Waals surface area contributed by atoms with Crippen LogP contribution in [0, 0.1) is 6.57 Å². The first-order valence-corrected chi connectivity index (χ1v) is 26.5. The zero-order chi connectivity index (χ0) is 53.0. The first-order chi connectivity index (χ1) is 36.2. The minimum atomic E-state index is -0.0820. The maximum absolute atomic E-state index is 8.42. The molecule has 5 aromatic heterocycles. The van der Waals surface area contributed by atoms with Crippen molar-refractivity contribution in [1.29, 1.82) is 0 Å². The predicted molar refractivity (Wildman–Crippen MR) is 317 cm³/mol. The van der Waals surface area contributed by atoms with Crippen LogP contribution in [0.3, 0.4) is 0 Å². The molecule has 0 aliphatic heterocycles. The van der Waals surface area contributed by atoms with Gasteiger partial charge in [-0.25, -0.2) is 4.85 Å². The molecule has 0 amide bonds. The van der Waals surface area contributed by atoms with Crippen LogP contribution in [0.15, 0.2) is 156 Å². The number of fused-ring (bicyclic) bond motifs is 13. The fraction of sp³-hybridized carbons (Fsp3) is 0.235. The van der Waals surface area contributed by atoms with Gasteiger partial charge < -0.3 is 8.98 Å². The van der Waals surface area contributed by atoms with Gasteiger partial charge in [-0.1, -0.05) is 150 Å². The standard InChI is InChI=1S/C68H61N7O/c1-65(2,3)39-22-28-53-47(34-39)48-35-40(66(4,5)6)23-29-54(48)74(53)63-70-62(71-64(72-63)75-55-30-24-41(67(7,8)9)36-49(55)50-37-42(68(10,11)12)25-31-56(50)75)51-38-43(69-13)26-32-57(51)73-52-20-16-14-19-46(52)60-58(73)33-27-45-44-18-15-17-21-59(44)76-61(45)60/h14-38H,1-12H3. The van der Waals surface area contributed by atoms with E-state index >= 15 is 0 Å². The van der Waals surface area contributed by atoms with E-state index in [0.717, 1.165) is 93.0 Å². The molecule has 0 unspecified atom stereocenters. The van der Waals surface area contributed by atoms with Gasteiger partial charge in [0.25, 0.3) is 0 Å². The van der Waals surface area contributed by atoms with Gasteiger partial charge in [0.05, 0.1) is 50.7 Å². The van der Waals surface area contributed by atoms with Crippen molar-refractivity contribution >= 4 is 93.0 Å². The van der Waals surface area contributed by atoms with Gasteiger partial charge in [-0.15, -0.1) is 0 Å². The molecule has 8 aromatic carbocycles. The minimum absolute atomic E-state index is 0.0820. The van der Waals surface area contributed by atoms with E-state index in [1.807, 2.05) is 30.3 Å². The van der Waals surface area contributed by atoms with Crippen molar-refractivity contribution in [3.8, 4) is 29.0 Å². The van der Waals surface area contributed by atoms with Crippen LogP contribution in [0.1, 0.15) is 105 Å². The van der Waals surface area contributed by atoms with E-state index in [4.69, 9.17) is 25.9 Å². The lowest BCUT2D eigenvalue weighted by atomic mass is 9.85. The van der Waals surface area contributed by atoms with Crippen molar-refractivity contribution in [1.82, 2.24) is 28.7 Å². The lowest BCUT2D eigenvalue weighted by Gasteiger charge is -2.19. The third-order valence-corrected chi connectivity index (χ3v) is 15.8. The third-order valence-electron chi connectivity index (χ3n) is 15.8. The molecule has 0 saturated carbocycles. The van der Waals surface area contributed by atoms with E-state index in [0.29, 0.717) is 29.0 Å². The highest BCUT2D eigenvalue weighted by atomic mass is 16.3. The summed E-state index contributed by atoms with van der Waals surface area (Å²) in [6.45, 7) is 35.6. The predicted octanol–water partition coefficient (Wildman–Crippen LogP) is 18.5. The fourth-order valence-electron chi connectivity index (χ4n) is 11.5. The Kier molecular flexibility index (Phi) is 10.1. The largest absolute Gasteiger partial charge is 0.455 e. The zero-order valence-corrected chi connectivity index (χ0v) is 45.5. The Balaban J connectivity index is 1.17. The summed E-state index contributed by atoms with van der Waals surface area (Å²) < 4.78 is 13.5. The van der Waals surface area contributed by atoms with E-state index in [1.54, 1.807) is 0 Å². The monoisotopic (exact) mass is 991 g/mol. The highest BCUT2D eigenvalue weighted by Gasteiger charge is 2.28. The highest BCUT2D eigenvalue weighted by Crippen LogP contribution is 2.45. The second kappa shape index (κ2) is 16.2. The summed E-state index contributed by atoms with van der Waals surface area (Å²) in [6.07, 6.45) is 0. The second-order valence-electron chi connectivity index (χ2n) is 25.0. The molecule has 0 bridgehead atoms. The average molecular weight is 992 g/mol. The van der Waals surface area contributed by atoms with Crippen molar-refractivity contribution < 1.29 is 4.42 Å². The maximum Gasteiger partial charge on any atom is 0.240 e. The Morgan fingerprint density at radius 3 is 1.30 bits per heavy atom. The Morgan fingerprint density at radius 1 is 0.395 bits per heavy atom. The number of benzene rings is 8. The number of furan rings is 1. The van der Waals surface area contributed by atoms with Gasteiger partial charge in [-0.3, -0.25) is 9.13 Å². The van der Waals surface area contributed by atoms with Crippen molar-refractivity contribution in [2.24, 2.45) is 0 Å². The third kappa shape index (κ3) is 7.27. The molecule has 0 spiro atoms. The topological polar surface area (TPSA) is 71.0 Å². The van der Waals surface area contributed by atoms with Gasteiger partial charge in [-0.2, -0.15) is 15.0 Å². The van der Waals surface area contributed by atoms with Crippen LogP contribution in [0.4, 0.5) is 5.69 Å². The number of nitrogens with zero attached hydrogens (tertiary/aromatic N) is 7. The number of rotatable bonds is 4.